The van der Waals surface area contributed by atoms with Crippen LogP contribution in [0.2, 0.25) is 0 Å². The standard InChI is InChI=1S/C14H16N4S/c1-10-3-4-13-12(9-10)17-14(19-13)15-7-5-11-6-8-16-18(11)2/h3-4,6,8-9H,5,7H2,1-2H3,(H,15,17). The Bertz CT molecular complexity index is 698. The second kappa shape index (κ2) is 5.01. The number of aromatic nitrogens is 3. The maximum absolute atomic E-state index is 4.60. The molecular weight excluding hydrogens is 256 g/mol. The zero-order valence-corrected chi connectivity index (χ0v) is 11.9. The zero-order valence-electron chi connectivity index (χ0n) is 11.1. The lowest BCUT2D eigenvalue weighted by Gasteiger charge is -2.02. The van der Waals surface area contributed by atoms with Gasteiger partial charge in [-0.1, -0.05) is 17.4 Å². The van der Waals surface area contributed by atoms with Crippen molar-refractivity contribution in [3.63, 3.8) is 0 Å². The molecule has 0 fully saturated rings. The Labute approximate surface area is 116 Å². The first kappa shape index (κ1) is 12.2. The van der Waals surface area contributed by atoms with E-state index in [4.69, 9.17) is 0 Å². The first-order chi connectivity index (χ1) is 9.22. The molecule has 0 aliphatic rings. The van der Waals surface area contributed by atoms with Gasteiger partial charge in [-0.25, -0.2) is 4.98 Å². The molecule has 0 saturated heterocycles. The Hall–Kier alpha value is -1.88. The van der Waals surface area contributed by atoms with Crippen LogP contribution in [-0.2, 0) is 13.5 Å². The number of thiazole rings is 1. The molecule has 5 heteroatoms. The summed E-state index contributed by atoms with van der Waals surface area (Å²) in [6.07, 6.45) is 2.78. The maximum Gasteiger partial charge on any atom is 0.183 e. The van der Waals surface area contributed by atoms with Gasteiger partial charge in [0.25, 0.3) is 0 Å². The van der Waals surface area contributed by atoms with Crippen LogP contribution in [0.4, 0.5) is 5.13 Å². The lowest BCUT2D eigenvalue weighted by Crippen LogP contribution is -2.07. The predicted molar refractivity (Wildman–Crippen MR) is 79.8 cm³/mol. The minimum absolute atomic E-state index is 0.873. The predicted octanol–water partition coefficient (Wildman–Crippen LogP) is 2.99. The Kier molecular flexibility index (Phi) is 3.21. The van der Waals surface area contributed by atoms with Crippen LogP contribution < -0.4 is 5.32 Å². The van der Waals surface area contributed by atoms with Crippen molar-refractivity contribution < 1.29 is 0 Å². The first-order valence-electron chi connectivity index (χ1n) is 6.30. The van der Waals surface area contributed by atoms with Gasteiger partial charge in [0.15, 0.2) is 5.13 Å². The number of nitrogens with one attached hydrogen (secondary N) is 1. The van der Waals surface area contributed by atoms with E-state index in [0.29, 0.717) is 0 Å². The number of fused-ring (bicyclic) bond motifs is 1. The van der Waals surface area contributed by atoms with Crippen LogP contribution in [0.25, 0.3) is 10.2 Å². The van der Waals surface area contributed by atoms with Crippen molar-refractivity contribution in [2.75, 3.05) is 11.9 Å². The van der Waals surface area contributed by atoms with Crippen LogP contribution in [0.3, 0.4) is 0 Å². The topological polar surface area (TPSA) is 42.7 Å². The van der Waals surface area contributed by atoms with Gasteiger partial charge in [0.05, 0.1) is 10.2 Å². The molecule has 0 radical (unpaired) electrons. The van der Waals surface area contributed by atoms with Crippen molar-refractivity contribution >= 4 is 26.7 Å². The molecule has 0 aliphatic heterocycles. The van der Waals surface area contributed by atoms with Crippen LogP contribution in [0, 0.1) is 6.92 Å². The van der Waals surface area contributed by atoms with Crippen molar-refractivity contribution in [2.24, 2.45) is 7.05 Å². The molecule has 1 aromatic carbocycles. The summed E-state index contributed by atoms with van der Waals surface area (Å²) in [5.74, 6) is 0. The van der Waals surface area contributed by atoms with Gasteiger partial charge in [0.2, 0.25) is 0 Å². The first-order valence-corrected chi connectivity index (χ1v) is 7.12. The fourth-order valence-electron chi connectivity index (χ4n) is 2.06. The molecular formula is C14H16N4S. The summed E-state index contributed by atoms with van der Waals surface area (Å²) in [4.78, 5) is 4.60. The molecule has 0 saturated carbocycles. The van der Waals surface area contributed by atoms with E-state index in [1.807, 2.05) is 24.0 Å². The molecule has 2 heterocycles. The van der Waals surface area contributed by atoms with Gasteiger partial charge in [0.1, 0.15) is 0 Å². The number of aryl methyl sites for hydroxylation is 2. The third-order valence-corrected chi connectivity index (χ3v) is 4.12. The van der Waals surface area contributed by atoms with Crippen molar-refractivity contribution in [3.05, 3.63) is 41.7 Å². The van der Waals surface area contributed by atoms with Crippen molar-refractivity contribution in [1.82, 2.24) is 14.8 Å². The van der Waals surface area contributed by atoms with E-state index >= 15 is 0 Å². The van der Waals surface area contributed by atoms with E-state index in [1.165, 1.54) is 16.0 Å². The lowest BCUT2D eigenvalue weighted by atomic mass is 10.2. The molecule has 1 N–H and O–H groups in total. The van der Waals surface area contributed by atoms with Crippen molar-refractivity contribution in [1.29, 1.82) is 0 Å². The van der Waals surface area contributed by atoms with Crippen LogP contribution in [0.1, 0.15) is 11.3 Å². The minimum atomic E-state index is 0.873. The maximum atomic E-state index is 4.60. The average Bonchev–Trinajstić information content (AvgIpc) is 2.95. The number of anilines is 1. The fraction of sp³-hybridized carbons (Fsp3) is 0.286. The Morgan fingerprint density at radius 2 is 2.21 bits per heavy atom. The molecule has 4 nitrogen and oxygen atoms in total. The number of hydrogen-bond acceptors (Lipinski definition) is 4. The van der Waals surface area contributed by atoms with Gasteiger partial charge in [-0.3, -0.25) is 4.68 Å². The van der Waals surface area contributed by atoms with E-state index in [-0.39, 0.29) is 0 Å². The second-order valence-corrected chi connectivity index (χ2v) is 5.64. The molecule has 2 aromatic heterocycles. The quantitative estimate of drug-likeness (QED) is 0.794. The summed E-state index contributed by atoms with van der Waals surface area (Å²) in [6, 6.07) is 8.43. The largest absolute Gasteiger partial charge is 0.361 e. The van der Waals surface area contributed by atoms with E-state index in [1.54, 1.807) is 11.3 Å². The number of nitrogens with zero attached hydrogens (tertiary/aromatic N) is 3. The molecule has 19 heavy (non-hydrogen) atoms. The highest BCUT2D eigenvalue weighted by Gasteiger charge is 2.04. The molecule has 98 valence electrons. The normalized spacial score (nSPS) is 11.1. The second-order valence-electron chi connectivity index (χ2n) is 4.61. The minimum Gasteiger partial charge on any atom is -0.361 e. The lowest BCUT2D eigenvalue weighted by molar-refractivity contribution is 0.711. The molecule has 3 rings (SSSR count). The molecule has 0 bridgehead atoms. The highest BCUT2D eigenvalue weighted by Crippen LogP contribution is 2.26. The van der Waals surface area contributed by atoms with Gasteiger partial charge < -0.3 is 5.32 Å². The molecule has 0 spiro atoms. The highest BCUT2D eigenvalue weighted by molar-refractivity contribution is 7.22. The van der Waals surface area contributed by atoms with Gasteiger partial charge in [-0.2, -0.15) is 5.10 Å². The molecule has 0 aliphatic carbocycles. The number of hydrogen-bond donors (Lipinski definition) is 1. The van der Waals surface area contributed by atoms with E-state index in [2.05, 4.69) is 40.5 Å². The average molecular weight is 272 g/mol. The van der Waals surface area contributed by atoms with Crippen LogP contribution >= 0.6 is 11.3 Å². The Morgan fingerprint density at radius 1 is 1.32 bits per heavy atom. The molecule has 0 atom stereocenters. The van der Waals surface area contributed by atoms with E-state index in [9.17, 15) is 0 Å². The van der Waals surface area contributed by atoms with Crippen LogP contribution in [0.15, 0.2) is 30.5 Å². The SMILES string of the molecule is Cc1ccc2sc(NCCc3ccnn3C)nc2c1. The Morgan fingerprint density at radius 3 is 3.00 bits per heavy atom. The van der Waals surface area contributed by atoms with E-state index in [0.717, 1.165) is 23.6 Å². The van der Waals surface area contributed by atoms with Crippen LogP contribution in [-0.4, -0.2) is 21.3 Å². The van der Waals surface area contributed by atoms with Crippen molar-refractivity contribution in [2.45, 2.75) is 13.3 Å². The van der Waals surface area contributed by atoms with Gasteiger partial charge >= 0.3 is 0 Å². The fourth-order valence-corrected chi connectivity index (χ4v) is 2.93. The highest BCUT2D eigenvalue weighted by atomic mass is 32.1. The molecule has 3 aromatic rings. The monoisotopic (exact) mass is 272 g/mol. The summed E-state index contributed by atoms with van der Waals surface area (Å²) >= 11 is 1.70. The number of benzene rings is 1. The smallest absolute Gasteiger partial charge is 0.183 e. The van der Waals surface area contributed by atoms with E-state index < -0.39 is 0 Å². The number of rotatable bonds is 4. The Balaban J connectivity index is 1.67. The summed E-state index contributed by atoms with van der Waals surface area (Å²) < 4.78 is 3.14. The summed E-state index contributed by atoms with van der Waals surface area (Å²) in [6.45, 7) is 2.96. The molecule has 0 unspecified atom stereocenters. The summed E-state index contributed by atoms with van der Waals surface area (Å²) in [7, 11) is 1.97. The third kappa shape index (κ3) is 2.61. The van der Waals surface area contributed by atoms with Gasteiger partial charge in [-0.05, 0) is 30.7 Å². The van der Waals surface area contributed by atoms with Gasteiger partial charge in [-0.15, -0.1) is 0 Å². The third-order valence-electron chi connectivity index (χ3n) is 3.12. The summed E-state index contributed by atoms with van der Waals surface area (Å²) in [5, 5.41) is 8.54. The van der Waals surface area contributed by atoms with Crippen molar-refractivity contribution in [3.8, 4) is 0 Å². The summed E-state index contributed by atoms with van der Waals surface area (Å²) in [5.41, 5.74) is 3.55. The molecule has 0 amide bonds. The van der Waals surface area contributed by atoms with Gasteiger partial charge in [0, 0.05) is 31.9 Å². The zero-order chi connectivity index (χ0) is 13.2. The van der Waals surface area contributed by atoms with Crippen LogP contribution in [0.5, 0.6) is 0 Å².